The highest BCUT2D eigenvalue weighted by Gasteiger charge is 2.39. The number of sulfonamides is 1. The minimum atomic E-state index is -4.90. The second kappa shape index (κ2) is 12.0. The number of amides is 1. The van der Waals surface area contributed by atoms with Crippen LogP contribution in [-0.2, 0) is 22.7 Å². The van der Waals surface area contributed by atoms with E-state index in [9.17, 15) is 26.4 Å². The van der Waals surface area contributed by atoms with Crippen molar-refractivity contribution in [3.05, 3.63) is 41.1 Å². The topological polar surface area (TPSA) is 80.2 Å². The Bertz CT molecular complexity index is 1270. The van der Waals surface area contributed by atoms with Gasteiger partial charge in [0.15, 0.2) is 0 Å². The van der Waals surface area contributed by atoms with Gasteiger partial charge in [0, 0.05) is 30.0 Å². The number of carbonyl (C=O) groups excluding carboxylic acids is 1. The van der Waals surface area contributed by atoms with Crippen molar-refractivity contribution < 1.29 is 26.4 Å². The molecular weight excluding hydrogens is 527 g/mol. The largest absolute Gasteiger partial charge is 0.417 e. The first kappa shape index (κ1) is 31.2. The predicted octanol–water partition coefficient (Wildman–Crippen LogP) is 6.92. The van der Waals surface area contributed by atoms with E-state index < -0.39 is 32.2 Å². The van der Waals surface area contributed by atoms with Gasteiger partial charge >= 0.3 is 6.18 Å². The molecule has 0 atom stereocenters. The maximum absolute atomic E-state index is 14.2. The van der Waals surface area contributed by atoms with Gasteiger partial charge in [-0.1, -0.05) is 39.2 Å². The third-order valence-electron chi connectivity index (χ3n) is 7.09. The van der Waals surface area contributed by atoms with Crippen molar-refractivity contribution in [2.75, 3.05) is 6.54 Å². The van der Waals surface area contributed by atoms with Crippen molar-refractivity contribution >= 4 is 15.9 Å². The highest BCUT2D eigenvalue weighted by Crippen LogP contribution is 2.39. The smallest absolute Gasteiger partial charge is 0.352 e. The van der Waals surface area contributed by atoms with Crippen molar-refractivity contribution in [1.29, 1.82) is 0 Å². The van der Waals surface area contributed by atoms with Gasteiger partial charge in [0.25, 0.3) is 5.91 Å². The Hall–Kier alpha value is -2.33. The molecule has 3 rings (SSSR count). The number of hydrogen-bond acceptors (Lipinski definition) is 3. The number of hydrogen-bond donors (Lipinski definition) is 2. The van der Waals surface area contributed by atoms with E-state index in [4.69, 9.17) is 0 Å². The average Bonchev–Trinajstić information content (AvgIpc) is 3.13. The van der Waals surface area contributed by atoms with Crippen LogP contribution in [0.2, 0.25) is 0 Å². The molecule has 0 saturated heterocycles. The van der Waals surface area contributed by atoms with Gasteiger partial charge in [-0.2, -0.15) is 13.2 Å². The molecule has 6 nitrogen and oxygen atoms in total. The molecule has 1 fully saturated rings. The van der Waals surface area contributed by atoms with Gasteiger partial charge in [-0.05, 0) is 82.6 Å². The molecule has 1 aromatic carbocycles. The second-order valence-corrected chi connectivity index (χ2v) is 13.8. The van der Waals surface area contributed by atoms with Gasteiger partial charge in [-0.25, -0.2) is 13.1 Å². The van der Waals surface area contributed by atoms with Crippen LogP contribution in [0.3, 0.4) is 0 Å². The second-order valence-electron chi connectivity index (χ2n) is 12.1. The highest BCUT2D eigenvalue weighted by atomic mass is 32.2. The van der Waals surface area contributed by atoms with Crippen LogP contribution in [0, 0.1) is 18.8 Å². The minimum absolute atomic E-state index is 0.220. The van der Waals surface area contributed by atoms with Gasteiger partial charge in [0.2, 0.25) is 10.0 Å². The molecule has 218 valence electrons. The minimum Gasteiger partial charge on any atom is -0.352 e. The summed E-state index contributed by atoms with van der Waals surface area (Å²) in [5.41, 5.74) is -0.379. The molecule has 0 bridgehead atoms. The van der Waals surface area contributed by atoms with E-state index in [-0.39, 0.29) is 11.5 Å². The molecule has 1 heterocycles. The Morgan fingerprint density at radius 1 is 1.08 bits per heavy atom. The molecule has 1 amide bonds. The first-order valence-corrected chi connectivity index (χ1v) is 15.2. The maximum Gasteiger partial charge on any atom is 0.417 e. The number of benzene rings is 1. The van der Waals surface area contributed by atoms with Crippen LogP contribution in [0.25, 0.3) is 11.3 Å². The fourth-order valence-electron chi connectivity index (χ4n) is 5.15. The Morgan fingerprint density at radius 3 is 2.28 bits per heavy atom. The van der Waals surface area contributed by atoms with E-state index >= 15 is 0 Å². The zero-order valence-electron chi connectivity index (χ0n) is 23.8. The van der Waals surface area contributed by atoms with Gasteiger partial charge in [-0.15, -0.1) is 0 Å². The number of nitrogens with zero attached hydrogens (tertiary/aromatic N) is 1. The van der Waals surface area contributed by atoms with Crippen molar-refractivity contribution in [2.45, 2.75) is 103 Å². The fourth-order valence-corrected chi connectivity index (χ4v) is 6.78. The van der Waals surface area contributed by atoms with E-state index in [1.165, 1.54) is 12.5 Å². The van der Waals surface area contributed by atoms with Crippen molar-refractivity contribution in [1.82, 2.24) is 14.6 Å². The molecule has 0 aliphatic heterocycles. The van der Waals surface area contributed by atoms with Gasteiger partial charge < -0.3 is 9.88 Å². The van der Waals surface area contributed by atoms with Crippen LogP contribution in [0.15, 0.2) is 29.2 Å². The summed E-state index contributed by atoms with van der Waals surface area (Å²) in [6, 6.07) is 4.95. The summed E-state index contributed by atoms with van der Waals surface area (Å²) >= 11 is 0. The van der Waals surface area contributed by atoms with Crippen LogP contribution >= 0.6 is 0 Å². The summed E-state index contributed by atoms with van der Waals surface area (Å²) in [6.45, 7) is 11.8. The van der Waals surface area contributed by atoms with Crippen molar-refractivity contribution in [3.63, 3.8) is 0 Å². The molecule has 39 heavy (non-hydrogen) atoms. The number of nitrogens with one attached hydrogen (secondary N) is 2. The zero-order valence-corrected chi connectivity index (χ0v) is 24.7. The Labute approximate surface area is 230 Å². The predicted molar refractivity (Wildman–Crippen MR) is 148 cm³/mol. The molecule has 0 spiro atoms. The average molecular weight is 570 g/mol. The fraction of sp³-hybridized carbons (Fsp3) is 0.621. The van der Waals surface area contributed by atoms with Crippen LogP contribution in [0.1, 0.15) is 94.8 Å². The first-order valence-electron chi connectivity index (χ1n) is 13.7. The monoisotopic (exact) mass is 569 g/mol. The number of rotatable bonds is 9. The molecule has 1 aromatic heterocycles. The van der Waals surface area contributed by atoms with Crippen LogP contribution in [0.4, 0.5) is 13.2 Å². The molecule has 0 radical (unpaired) electrons. The molecular formula is C29H42F3N3O3S. The maximum atomic E-state index is 14.2. The summed E-state index contributed by atoms with van der Waals surface area (Å²) < 4.78 is 72.8. The number of carbonyl (C=O) groups is 1. The Balaban J connectivity index is 2.12. The highest BCUT2D eigenvalue weighted by molar-refractivity contribution is 7.89. The Kier molecular flexibility index (Phi) is 9.63. The summed E-state index contributed by atoms with van der Waals surface area (Å²) in [6.07, 6.45) is 1.35. The standard InChI is InChI=1S/C29H42F3N3O3S/c1-19(2)14-15-33-27(36)23-17-25(35(20(23)3)18-21-10-8-7-9-11-21)22-12-13-26(24(16-22)29(30,31)32)39(37,38)34-28(4,5)6/h12-13,16-17,19,21,34H,7-11,14-15,18H2,1-6H3,(H,33,36). The molecule has 2 N–H and O–H groups in total. The van der Waals surface area contributed by atoms with Gasteiger partial charge in [0.05, 0.1) is 16.0 Å². The lowest BCUT2D eigenvalue weighted by Crippen LogP contribution is -2.41. The van der Waals surface area contributed by atoms with E-state index in [0.717, 1.165) is 44.2 Å². The van der Waals surface area contributed by atoms with E-state index in [0.29, 0.717) is 41.9 Å². The summed E-state index contributed by atoms with van der Waals surface area (Å²) in [7, 11) is -4.44. The number of aromatic nitrogens is 1. The zero-order chi connectivity index (χ0) is 29.2. The summed E-state index contributed by atoms with van der Waals surface area (Å²) in [4.78, 5) is 12.3. The molecule has 1 saturated carbocycles. The summed E-state index contributed by atoms with van der Waals surface area (Å²) in [5, 5.41) is 2.93. The van der Waals surface area contributed by atoms with Crippen LogP contribution in [0.5, 0.6) is 0 Å². The molecule has 10 heteroatoms. The van der Waals surface area contributed by atoms with Crippen LogP contribution in [-0.4, -0.2) is 31.0 Å². The third kappa shape index (κ3) is 8.10. The van der Waals surface area contributed by atoms with E-state index in [2.05, 4.69) is 23.9 Å². The third-order valence-corrected chi connectivity index (χ3v) is 8.91. The number of halogens is 3. The lowest BCUT2D eigenvalue weighted by atomic mass is 9.89. The molecule has 2 aromatic rings. The van der Waals surface area contributed by atoms with Crippen LogP contribution < -0.4 is 10.0 Å². The number of alkyl halides is 3. The molecule has 0 unspecified atom stereocenters. The van der Waals surface area contributed by atoms with Gasteiger partial charge in [0.1, 0.15) is 0 Å². The lowest BCUT2D eigenvalue weighted by molar-refractivity contribution is -0.139. The Morgan fingerprint density at radius 2 is 1.72 bits per heavy atom. The van der Waals surface area contributed by atoms with E-state index in [1.54, 1.807) is 26.8 Å². The first-order chi connectivity index (χ1) is 18.0. The quantitative estimate of drug-likeness (QED) is 0.344. The lowest BCUT2D eigenvalue weighted by Gasteiger charge is -2.25. The molecule has 1 aliphatic rings. The summed E-state index contributed by atoms with van der Waals surface area (Å²) in [5.74, 6) is 0.515. The van der Waals surface area contributed by atoms with Crippen molar-refractivity contribution in [2.24, 2.45) is 11.8 Å². The normalized spacial score (nSPS) is 15.6. The van der Waals surface area contributed by atoms with Gasteiger partial charge in [-0.3, -0.25) is 4.79 Å². The van der Waals surface area contributed by atoms with Crippen molar-refractivity contribution in [3.8, 4) is 11.3 Å². The van der Waals surface area contributed by atoms with E-state index in [1.807, 2.05) is 11.5 Å². The molecule has 1 aliphatic carbocycles. The SMILES string of the molecule is Cc1c(C(=O)NCCC(C)C)cc(-c2ccc(S(=O)(=O)NC(C)(C)C)c(C(F)(F)F)c2)n1CC1CCCCC1.